The molecule has 4 N–H and O–H groups in total. The number of carbonyl (C=O) groups excluding carboxylic acids is 2. The van der Waals surface area contributed by atoms with Gasteiger partial charge in [0.15, 0.2) is 12.4 Å². The van der Waals surface area contributed by atoms with Crippen molar-refractivity contribution in [2.75, 3.05) is 16.4 Å². The minimum Gasteiger partial charge on any atom is -0.454 e. The zero-order chi connectivity index (χ0) is 20.8. The first-order valence-electron chi connectivity index (χ1n) is 8.78. The second-order valence-electron chi connectivity index (χ2n) is 6.21. The predicted octanol–water partition coefficient (Wildman–Crippen LogP) is 2.82. The molecule has 1 aromatic heterocycles. The molecule has 0 radical (unpaired) electrons. The molecule has 1 amide bonds. The SMILES string of the molecule is CC(=O)Nc1cccc(C(=O)OCc2nc(N)nc(Nc3ccccc3C)n2)c1. The van der Waals surface area contributed by atoms with Crippen LogP contribution in [-0.2, 0) is 16.1 Å². The number of ether oxygens (including phenoxy) is 1. The molecule has 0 fully saturated rings. The summed E-state index contributed by atoms with van der Waals surface area (Å²) in [7, 11) is 0. The molecule has 0 atom stereocenters. The second kappa shape index (κ2) is 8.79. The molecule has 0 aliphatic heterocycles. The first-order valence-corrected chi connectivity index (χ1v) is 8.78. The molecule has 3 aromatic rings. The van der Waals surface area contributed by atoms with Gasteiger partial charge in [0.05, 0.1) is 5.56 Å². The number of aryl methyl sites for hydroxylation is 1. The Balaban J connectivity index is 1.69. The fourth-order valence-corrected chi connectivity index (χ4v) is 2.53. The molecule has 0 aliphatic carbocycles. The van der Waals surface area contributed by atoms with Crippen LogP contribution < -0.4 is 16.4 Å². The lowest BCUT2D eigenvalue weighted by atomic mass is 10.2. The third-order valence-corrected chi connectivity index (χ3v) is 3.84. The lowest BCUT2D eigenvalue weighted by molar-refractivity contribution is -0.114. The molecule has 0 spiro atoms. The normalized spacial score (nSPS) is 10.3. The van der Waals surface area contributed by atoms with E-state index in [-0.39, 0.29) is 35.8 Å². The molecular weight excluding hydrogens is 372 g/mol. The van der Waals surface area contributed by atoms with Gasteiger partial charge in [-0.05, 0) is 36.8 Å². The third kappa shape index (κ3) is 5.48. The zero-order valence-electron chi connectivity index (χ0n) is 16.0. The van der Waals surface area contributed by atoms with E-state index in [0.717, 1.165) is 11.3 Å². The number of benzene rings is 2. The van der Waals surface area contributed by atoms with Gasteiger partial charge < -0.3 is 21.1 Å². The monoisotopic (exact) mass is 392 g/mol. The molecule has 0 bridgehead atoms. The van der Waals surface area contributed by atoms with E-state index in [1.807, 2.05) is 31.2 Å². The molecule has 2 aromatic carbocycles. The quantitative estimate of drug-likeness (QED) is 0.546. The van der Waals surface area contributed by atoms with Gasteiger partial charge in [-0.2, -0.15) is 15.0 Å². The van der Waals surface area contributed by atoms with E-state index in [4.69, 9.17) is 10.5 Å². The first kappa shape index (κ1) is 19.7. The number of aromatic nitrogens is 3. The number of hydrogen-bond acceptors (Lipinski definition) is 8. The zero-order valence-corrected chi connectivity index (χ0v) is 16.0. The number of carbonyl (C=O) groups is 2. The molecule has 29 heavy (non-hydrogen) atoms. The maximum atomic E-state index is 12.3. The molecule has 9 heteroatoms. The molecule has 0 aliphatic rings. The summed E-state index contributed by atoms with van der Waals surface area (Å²) >= 11 is 0. The van der Waals surface area contributed by atoms with Gasteiger partial charge >= 0.3 is 5.97 Å². The number of amides is 1. The Morgan fingerprint density at radius 3 is 2.62 bits per heavy atom. The minimum absolute atomic E-state index is 0.00906. The van der Waals surface area contributed by atoms with Crippen molar-refractivity contribution in [1.82, 2.24) is 15.0 Å². The highest BCUT2D eigenvalue weighted by molar-refractivity contribution is 5.93. The summed E-state index contributed by atoms with van der Waals surface area (Å²) in [6, 6.07) is 14.1. The van der Waals surface area contributed by atoms with Crippen molar-refractivity contribution >= 4 is 35.1 Å². The number of nitrogens with one attached hydrogen (secondary N) is 2. The van der Waals surface area contributed by atoms with Gasteiger partial charge in [0.25, 0.3) is 0 Å². The van der Waals surface area contributed by atoms with Crippen molar-refractivity contribution < 1.29 is 14.3 Å². The number of rotatable bonds is 6. The van der Waals surface area contributed by atoms with Crippen LogP contribution in [0.5, 0.6) is 0 Å². The maximum absolute atomic E-state index is 12.3. The highest BCUT2D eigenvalue weighted by Gasteiger charge is 2.12. The maximum Gasteiger partial charge on any atom is 0.338 e. The smallest absolute Gasteiger partial charge is 0.338 e. The Hall–Kier alpha value is -4.01. The minimum atomic E-state index is -0.579. The van der Waals surface area contributed by atoms with Crippen molar-refractivity contribution in [2.24, 2.45) is 0 Å². The molecule has 9 nitrogen and oxygen atoms in total. The van der Waals surface area contributed by atoms with Crippen LogP contribution in [0, 0.1) is 6.92 Å². The van der Waals surface area contributed by atoms with Gasteiger partial charge in [-0.25, -0.2) is 4.79 Å². The van der Waals surface area contributed by atoms with Crippen molar-refractivity contribution in [3.63, 3.8) is 0 Å². The molecule has 1 heterocycles. The van der Waals surface area contributed by atoms with E-state index in [1.54, 1.807) is 18.2 Å². The Kier molecular flexibility index (Phi) is 5.98. The fourth-order valence-electron chi connectivity index (χ4n) is 2.53. The molecular formula is C20H20N6O3. The van der Waals surface area contributed by atoms with E-state index >= 15 is 0 Å². The van der Waals surface area contributed by atoms with E-state index in [2.05, 4.69) is 25.6 Å². The lowest BCUT2D eigenvalue weighted by Gasteiger charge is -2.10. The summed E-state index contributed by atoms with van der Waals surface area (Å²) in [5.41, 5.74) is 8.38. The van der Waals surface area contributed by atoms with Crippen LogP contribution in [0.15, 0.2) is 48.5 Å². The number of nitrogen functional groups attached to an aromatic ring is 1. The molecule has 0 unspecified atom stereocenters. The second-order valence-corrected chi connectivity index (χ2v) is 6.21. The van der Waals surface area contributed by atoms with Gasteiger partial charge in [0.2, 0.25) is 17.8 Å². The largest absolute Gasteiger partial charge is 0.454 e. The highest BCUT2D eigenvalue weighted by atomic mass is 16.5. The summed E-state index contributed by atoms with van der Waals surface area (Å²) in [5, 5.41) is 5.69. The average molecular weight is 392 g/mol. The van der Waals surface area contributed by atoms with Crippen molar-refractivity contribution in [3.8, 4) is 0 Å². The van der Waals surface area contributed by atoms with Gasteiger partial charge in [0.1, 0.15) is 0 Å². The van der Waals surface area contributed by atoms with Crippen LogP contribution in [0.2, 0.25) is 0 Å². The topological polar surface area (TPSA) is 132 Å². The van der Waals surface area contributed by atoms with Gasteiger partial charge in [0, 0.05) is 18.3 Å². The number of nitrogens with zero attached hydrogens (tertiary/aromatic N) is 3. The highest BCUT2D eigenvalue weighted by Crippen LogP contribution is 2.18. The number of anilines is 4. The Morgan fingerprint density at radius 1 is 1.07 bits per heavy atom. The number of nitrogens with two attached hydrogens (primary N) is 1. The summed E-state index contributed by atoms with van der Waals surface area (Å²) in [5.74, 6) is -0.338. The van der Waals surface area contributed by atoms with Crippen LogP contribution in [0.4, 0.5) is 23.3 Å². The summed E-state index contributed by atoms with van der Waals surface area (Å²) in [6.45, 7) is 3.15. The Labute approximate surface area is 167 Å². The molecule has 148 valence electrons. The molecule has 0 saturated heterocycles. The van der Waals surface area contributed by atoms with Gasteiger partial charge in [-0.3, -0.25) is 4.79 Å². The van der Waals surface area contributed by atoms with Crippen LogP contribution >= 0.6 is 0 Å². The Morgan fingerprint density at radius 2 is 1.86 bits per heavy atom. The van der Waals surface area contributed by atoms with E-state index < -0.39 is 5.97 Å². The number of esters is 1. The third-order valence-electron chi connectivity index (χ3n) is 3.84. The Bertz CT molecular complexity index is 1050. The van der Waals surface area contributed by atoms with Crippen LogP contribution in [0.25, 0.3) is 0 Å². The van der Waals surface area contributed by atoms with Crippen molar-refractivity contribution in [1.29, 1.82) is 0 Å². The van der Waals surface area contributed by atoms with Gasteiger partial charge in [-0.1, -0.05) is 24.3 Å². The van der Waals surface area contributed by atoms with Crippen molar-refractivity contribution in [3.05, 3.63) is 65.5 Å². The molecule has 3 rings (SSSR count). The summed E-state index contributed by atoms with van der Waals surface area (Å²) < 4.78 is 5.27. The fraction of sp³-hybridized carbons (Fsp3) is 0.150. The van der Waals surface area contributed by atoms with Gasteiger partial charge in [-0.15, -0.1) is 0 Å². The number of hydrogen-bond donors (Lipinski definition) is 3. The van der Waals surface area contributed by atoms with E-state index in [0.29, 0.717) is 5.69 Å². The van der Waals surface area contributed by atoms with Crippen molar-refractivity contribution in [2.45, 2.75) is 20.5 Å². The van der Waals surface area contributed by atoms with Crippen LogP contribution in [0.3, 0.4) is 0 Å². The predicted molar refractivity (Wildman–Crippen MR) is 109 cm³/mol. The molecule has 0 saturated carbocycles. The summed E-state index contributed by atoms with van der Waals surface area (Å²) in [6.07, 6.45) is 0. The van der Waals surface area contributed by atoms with E-state index in [9.17, 15) is 9.59 Å². The van der Waals surface area contributed by atoms with E-state index in [1.165, 1.54) is 13.0 Å². The number of para-hydroxylation sites is 1. The first-order chi connectivity index (χ1) is 13.9. The van der Waals surface area contributed by atoms with Crippen LogP contribution in [0.1, 0.15) is 28.7 Å². The standard InChI is InChI=1S/C20H20N6O3/c1-12-6-3-4-9-16(12)23-20-25-17(24-19(21)26-20)11-29-18(28)14-7-5-8-15(10-14)22-13(2)27/h3-10H,11H2,1-2H3,(H,22,27)(H3,21,23,24,25,26). The van der Waals surface area contributed by atoms with Crippen LogP contribution in [-0.4, -0.2) is 26.8 Å². The average Bonchev–Trinajstić information content (AvgIpc) is 2.67. The lowest BCUT2D eigenvalue weighted by Crippen LogP contribution is -2.12. The summed E-state index contributed by atoms with van der Waals surface area (Å²) in [4.78, 5) is 35.8.